The molecule has 0 saturated heterocycles. The Morgan fingerprint density at radius 1 is 0.789 bits per heavy atom. The molecule has 1 nitrogen and oxygen atoms in total. The fraction of sp³-hybridized carbons (Fsp3) is 0.0588. The minimum absolute atomic E-state index is 1.21. The zero-order valence-corrected chi connectivity index (χ0v) is 11.6. The van der Waals surface area contributed by atoms with E-state index in [1.807, 2.05) is 12.1 Å². The van der Waals surface area contributed by atoms with Crippen LogP contribution < -0.4 is 0 Å². The minimum atomic E-state index is 1.21. The molecule has 2 aromatic carbocycles. The highest BCUT2D eigenvalue weighted by molar-refractivity contribution is 7.98. The van der Waals surface area contributed by atoms with Gasteiger partial charge in [0, 0.05) is 22.9 Å². The van der Waals surface area contributed by atoms with Gasteiger partial charge in [0.05, 0.1) is 5.69 Å². The van der Waals surface area contributed by atoms with Crippen molar-refractivity contribution < 1.29 is 0 Å². The first-order valence-electron chi connectivity index (χ1n) is 6.25. The largest absolute Gasteiger partial charge is 0.323 e. The predicted molar refractivity (Wildman–Crippen MR) is 83.0 cm³/mol. The summed E-state index contributed by atoms with van der Waals surface area (Å²) < 4.78 is 2.15. The van der Waals surface area contributed by atoms with Crippen molar-refractivity contribution in [3.63, 3.8) is 0 Å². The van der Waals surface area contributed by atoms with Crippen LogP contribution in [0.25, 0.3) is 16.8 Å². The Morgan fingerprint density at radius 3 is 2.16 bits per heavy atom. The fourth-order valence-corrected chi connectivity index (χ4v) is 2.62. The Kier molecular flexibility index (Phi) is 3.43. The monoisotopic (exact) mass is 265 g/mol. The van der Waals surface area contributed by atoms with Crippen LogP contribution in [0.4, 0.5) is 0 Å². The quantitative estimate of drug-likeness (QED) is 0.612. The van der Waals surface area contributed by atoms with Gasteiger partial charge < -0.3 is 4.57 Å². The molecular formula is C17H15NS. The number of hydrogen-bond acceptors (Lipinski definition) is 1. The van der Waals surface area contributed by atoms with E-state index in [4.69, 9.17) is 0 Å². The molecule has 19 heavy (non-hydrogen) atoms. The molecule has 0 aliphatic heterocycles. The molecule has 0 bridgehead atoms. The SMILES string of the molecule is CSc1ccc(-c2ccccc2-n2cccc2)cc1. The van der Waals surface area contributed by atoms with Gasteiger partial charge in [0.25, 0.3) is 0 Å². The zero-order chi connectivity index (χ0) is 13.1. The number of para-hydroxylation sites is 1. The van der Waals surface area contributed by atoms with Crippen molar-refractivity contribution in [3.05, 3.63) is 73.1 Å². The standard InChI is InChI=1S/C17H15NS/c1-19-15-10-8-14(9-11-15)16-6-2-3-7-17(16)18-12-4-5-13-18/h2-13H,1H3. The Labute approximate surface area is 117 Å². The van der Waals surface area contributed by atoms with Crippen LogP contribution in [0.5, 0.6) is 0 Å². The normalized spacial score (nSPS) is 10.6. The van der Waals surface area contributed by atoms with Gasteiger partial charge >= 0.3 is 0 Å². The highest BCUT2D eigenvalue weighted by atomic mass is 32.2. The molecule has 1 heterocycles. The van der Waals surface area contributed by atoms with Gasteiger partial charge in [-0.1, -0.05) is 30.3 Å². The van der Waals surface area contributed by atoms with Crippen LogP contribution in [0.3, 0.4) is 0 Å². The third kappa shape index (κ3) is 2.45. The maximum absolute atomic E-state index is 2.19. The topological polar surface area (TPSA) is 4.93 Å². The van der Waals surface area contributed by atoms with Crippen molar-refractivity contribution in [2.24, 2.45) is 0 Å². The number of hydrogen-bond donors (Lipinski definition) is 0. The van der Waals surface area contributed by atoms with Crippen LogP contribution in [0.1, 0.15) is 0 Å². The van der Waals surface area contributed by atoms with Gasteiger partial charge in [0.1, 0.15) is 0 Å². The van der Waals surface area contributed by atoms with E-state index >= 15 is 0 Å². The highest BCUT2D eigenvalue weighted by Crippen LogP contribution is 2.28. The summed E-state index contributed by atoms with van der Waals surface area (Å²) in [6.07, 6.45) is 6.26. The molecule has 3 aromatic rings. The lowest BCUT2D eigenvalue weighted by molar-refractivity contribution is 1.08. The maximum Gasteiger partial charge on any atom is 0.0527 e. The first-order valence-corrected chi connectivity index (χ1v) is 7.48. The first-order chi connectivity index (χ1) is 9.38. The number of benzene rings is 2. The number of rotatable bonds is 3. The average molecular weight is 265 g/mol. The third-order valence-electron chi connectivity index (χ3n) is 3.19. The molecule has 0 spiro atoms. The molecule has 1 aromatic heterocycles. The van der Waals surface area contributed by atoms with E-state index in [9.17, 15) is 0 Å². The summed E-state index contributed by atoms with van der Waals surface area (Å²) in [5.74, 6) is 0. The second-order valence-corrected chi connectivity index (χ2v) is 5.22. The van der Waals surface area contributed by atoms with Gasteiger partial charge in [0.15, 0.2) is 0 Å². The van der Waals surface area contributed by atoms with E-state index in [1.165, 1.54) is 21.7 Å². The van der Waals surface area contributed by atoms with Crippen molar-refractivity contribution in [3.8, 4) is 16.8 Å². The van der Waals surface area contributed by atoms with Crippen LogP contribution in [-0.2, 0) is 0 Å². The van der Waals surface area contributed by atoms with Crippen molar-refractivity contribution in [2.75, 3.05) is 6.26 Å². The van der Waals surface area contributed by atoms with E-state index in [0.717, 1.165) is 0 Å². The Balaban J connectivity index is 2.09. The second kappa shape index (κ2) is 5.37. The number of nitrogens with zero attached hydrogens (tertiary/aromatic N) is 1. The van der Waals surface area contributed by atoms with Gasteiger partial charge in [-0.05, 0) is 42.2 Å². The van der Waals surface area contributed by atoms with E-state index in [-0.39, 0.29) is 0 Å². The Hall–Kier alpha value is -1.93. The molecule has 0 unspecified atom stereocenters. The summed E-state index contributed by atoms with van der Waals surface area (Å²) in [6.45, 7) is 0. The smallest absolute Gasteiger partial charge is 0.0527 e. The third-order valence-corrected chi connectivity index (χ3v) is 3.93. The highest BCUT2D eigenvalue weighted by Gasteiger charge is 2.05. The Bertz CT molecular complexity index is 654. The molecule has 0 aliphatic rings. The fourth-order valence-electron chi connectivity index (χ4n) is 2.21. The molecule has 0 radical (unpaired) electrons. The summed E-state index contributed by atoms with van der Waals surface area (Å²) in [5, 5.41) is 0. The van der Waals surface area contributed by atoms with Crippen molar-refractivity contribution in [2.45, 2.75) is 4.90 Å². The van der Waals surface area contributed by atoms with Crippen LogP contribution >= 0.6 is 11.8 Å². The summed E-state index contributed by atoms with van der Waals surface area (Å²) >= 11 is 1.77. The van der Waals surface area contributed by atoms with E-state index in [2.05, 4.69) is 71.7 Å². The average Bonchev–Trinajstić information content (AvgIpc) is 3.01. The van der Waals surface area contributed by atoms with Crippen LogP contribution in [-0.4, -0.2) is 10.8 Å². The lowest BCUT2D eigenvalue weighted by atomic mass is 10.0. The van der Waals surface area contributed by atoms with Crippen molar-refractivity contribution in [1.29, 1.82) is 0 Å². The summed E-state index contributed by atoms with van der Waals surface area (Å²) in [4.78, 5) is 1.29. The molecule has 3 rings (SSSR count). The molecule has 0 amide bonds. The summed E-state index contributed by atoms with van der Waals surface area (Å²) in [6, 6.07) is 21.3. The predicted octanol–water partition coefficient (Wildman–Crippen LogP) is 4.87. The summed E-state index contributed by atoms with van der Waals surface area (Å²) in [7, 11) is 0. The summed E-state index contributed by atoms with van der Waals surface area (Å²) in [5.41, 5.74) is 3.72. The lowest BCUT2D eigenvalue weighted by Crippen LogP contribution is -1.93. The van der Waals surface area contributed by atoms with Gasteiger partial charge in [-0.15, -0.1) is 11.8 Å². The molecule has 0 N–H and O–H groups in total. The molecule has 2 heteroatoms. The molecule has 0 fully saturated rings. The van der Waals surface area contributed by atoms with E-state index < -0.39 is 0 Å². The number of aromatic nitrogens is 1. The van der Waals surface area contributed by atoms with Crippen LogP contribution in [0.2, 0.25) is 0 Å². The Morgan fingerprint density at radius 2 is 1.47 bits per heavy atom. The molecule has 0 aliphatic carbocycles. The van der Waals surface area contributed by atoms with Gasteiger partial charge in [0.2, 0.25) is 0 Å². The van der Waals surface area contributed by atoms with Gasteiger partial charge in [-0.25, -0.2) is 0 Å². The molecule has 0 saturated carbocycles. The molecule has 94 valence electrons. The zero-order valence-electron chi connectivity index (χ0n) is 10.8. The maximum atomic E-state index is 2.19. The van der Waals surface area contributed by atoms with Crippen molar-refractivity contribution >= 4 is 11.8 Å². The second-order valence-electron chi connectivity index (χ2n) is 4.34. The van der Waals surface area contributed by atoms with Gasteiger partial charge in [-0.3, -0.25) is 0 Å². The van der Waals surface area contributed by atoms with Crippen LogP contribution in [0, 0.1) is 0 Å². The molecule has 0 atom stereocenters. The van der Waals surface area contributed by atoms with Gasteiger partial charge in [-0.2, -0.15) is 0 Å². The van der Waals surface area contributed by atoms with Crippen molar-refractivity contribution in [1.82, 2.24) is 4.57 Å². The minimum Gasteiger partial charge on any atom is -0.323 e. The van der Waals surface area contributed by atoms with E-state index in [0.29, 0.717) is 0 Å². The lowest BCUT2D eigenvalue weighted by Gasteiger charge is -2.11. The van der Waals surface area contributed by atoms with Crippen LogP contribution in [0.15, 0.2) is 78.0 Å². The number of thioether (sulfide) groups is 1. The molecular weight excluding hydrogens is 250 g/mol. The van der Waals surface area contributed by atoms with E-state index in [1.54, 1.807) is 11.8 Å². The first kappa shape index (κ1) is 12.1.